The maximum Gasteiger partial charge on any atom is 0.230 e. The average Bonchev–Trinajstić information content (AvgIpc) is 3.19. The number of aromatic hydroxyl groups is 1. The summed E-state index contributed by atoms with van der Waals surface area (Å²) in [5, 5.41) is 26.0. The van der Waals surface area contributed by atoms with Gasteiger partial charge in [0, 0.05) is 11.4 Å². The Bertz CT molecular complexity index is 764. The second-order valence-corrected chi connectivity index (χ2v) is 6.92. The molecule has 3 rings (SSSR count). The predicted octanol–water partition coefficient (Wildman–Crippen LogP) is 2.27. The number of likely N-dealkylation sites (N-methyl/N-ethyl adjacent to an activating group) is 1. The summed E-state index contributed by atoms with van der Waals surface area (Å²) >= 11 is 3.10. The van der Waals surface area contributed by atoms with E-state index >= 15 is 0 Å². The molecule has 0 aliphatic carbocycles. The van der Waals surface area contributed by atoms with Crippen LogP contribution in [-0.2, 0) is 0 Å². The summed E-state index contributed by atoms with van der Waals surface area (Å²) in [6, 6.07) is 1.99. The van der Waals surface area contributed by atoms with Crippen LogP contribution in [0.3, 0.4) is 0 Å². The van der Waals surface area contributed by atoms with E-state index in [-0.39, 0.29) is 18.5 Å². The highest BCUT2D eigenvalue weighted by Gasteiger charge is 2.30. The van der Waals surface area contributed by atoms with Crippen molar-refractivity contribution in [2.75, 3.05) is 19.7 Å². The van der Waals surface area contributed by atoms with Crippen molar-refractivity contribution in [2.45, 2.75) is 19.9 Å². The van der Waals surface area contributed by atoms with Gasteiger partial charge in [-0.15, -0.1) is 11.3 Å². The Morgan fingerprint density at radius 3 is 2.82 bits per heavy atom. The molecule has 0 radical (unpaired) electrons. The fourth-order valence-electron chi connectivity index (χ4n) is 2.59. The summed E-state index contributed by atoms with van der Waals surface area (Å²) in [5.74, 6) is 0.131. The Hall–Kier alpha value is -1.48. The summed E-state index contributed by atoms with van der Waals surface area (Å²) in [7, 11) is 0. The molecule has 0 aliphatic rings. The average molecular weight is 338 g/mol. The minimum absolute atomic E-state index is 0.0796. The molecule has 0 fully saturated rings. The Balaban J connectivity index is 2.14. The fourth-order valence-corrected chi connectivity index (χ4v) is 4.80. The standard InChI is InChI=1S/C14H18N4O2S2/c1-3-17(5-6-19)10(11-9(2)4-7-21-11)12-13(20)18-14(22-12)15-8-16-18/h4,7-8,10,19-20H,3,5-6H2,1-2H3. The number of aryl methyl sites for hydroxylation is 1. The molecule has 3 aromatic rings. The molecule has 118 valence electrons. The Labute approximate surface area is 136 Å². The van der Waals surface area contributed by atoms with Gasteiger partial charge >= 0.3 is 0 Å². The third kappa shape index (κ3) is 2.52. The minimum atomic E-state index is -0.0920. The zero-order valence-electron chi connectivity index (χ0n) is 12.4. The first-order valence-electron chi connectivity index (χ1n) is 7.07. The van der Waals surface area contributed by atoms with Crippen LogP contribution >= 0.6 is 22.7 Å². The SMILES string of the molecule is CCN(CCO)C(c1sccc1C)c1sc2ncnn2c1O. The number of thiazole rings is 1. The fraction of sp³-hybridized carbons (Fsp3) is 0.429. The second-order valence-electron chi connectivity index (χ2n) is 4.97. The number of aromatic nitrogens is 3. The summed E-state index contributed by atoms with van der Waals surface area (Å²) in [4.78, 5) is 8.99. The van der Waals surface area contributed by atoms with Crippen LogP contribution in [0.4, 0.5) is 0 Å². The largest absolute Gasteiger partial charge is 0.492 e. The molecular formula is C14H18N4O2S2. The molecule has 2 N–H and O–H groups in total. The van der Waals surface area contributed by atoms with Crippen LogP contribution in [0.5, 0.6) is 5.88 Å². The van der Waals surface area contributed by atoms with Gasteiger partial charge in [0.1, 0.15) is 6.33 Å². The van der Waals surface area contributed by atoms with Gasteiger partial charge in [0.15, 0.2) is 0 Å². The quantitative estimate of drug-likeness (QED) is 0.721. The lowest BCUT2D eigenvalue weighted by Crippen LogP contribution is -2.31. The van der Waals surface area contributed by atoms with E-state index in [9.17, 15) is 10.2 Å². The van der Waals surface area contributed by atoms with Crippen LogP contribution in [0.1, 0.15) is 28.3 Å². The number of aliphatic hydroxyl groups is 1. The topological polar surface area (TPSA) is 73.9 Å². The summed E-state index contributed by atoms with van der Waals surface area (Å²) in [5.41, 5.74) is 1.18. The highest BCUT2D eigenvalue weighted by Crippen LogP contribution is 2.42. The number of nitrogens with zero attached hydrogens (tertiary/aromatic N) is 4. The maximum absolute atomic E-state index is 10.5. The van der Waals surface area contributed by atoms with Crippen LogP contribution < -0.4 is 0 Å². The molecule has 0 spiro atoms. The van der Waals surface area contributed by atoms with E-state index in [1.807, 2.05) is 0 Å². The van der Waals surface area contributed by atoms with Crippen molar-refractivity contribution in [1.29, 1.82) is 0 Å². The number of thiophene rings is 1. The van der Waals surface area contributed by atoms with Crippen LogP contribution in [0.2, 0.25) is 0 Å². The minimum Gasteiger partial charge on any atom is -0.492 e. The predicted molar refractivity (Wildman–Crippen MR) is 87.8 cm³/mol. The van der Waals surface area contributed by atoms with Gasteiger partial charge < -0.3 is 10.2 Å². The normalized spacial score (nSPS) is 13.3. The van der Waals surface area contributed by atoms with Gasteiger partial charge in [0.2, 0.25) is 10.8 Å². The smallest absolute Gasteiger partial charge is 0.230 e. The van der Waals surface area contributed by atoms with Gasteiger partial charge in [-0.2, -0.15) is 9.61 Å². The van der Waals surface area contributed by atoms with Gasteiger partial charge in [0.05, 0.1) is 17.5 Å². The summed E-state index contributed by atoms with van der Waals surface area (Å²) in [6.07, 6.45) is 1.44. The second kappa shape index (κ2) is 6.33. The molecule has 0 aromatic carbocycles. The zero-order valence-corrected chi connectivity index (χ0v) is 14.1. The van der Waals surface area contributed by atoms with Crippen LogP contribution in [0, 0.1) is 6.92 Å². The highest BCUT2D eigenvalue weighted by atomic mass is 32.1. The number of aliphatic hydroxyl groups excluding tert-OH is 1. The molecule has 0 bridgehead atoms. The molecule has 0 amide bonds. The third-order valence-electron chi connectivity index (χ3n) is 3.70. The maximum atomic E-state index is 10.5. The number of hydrogen-bond acceptors (Lipinski definition) is 7. The van der Waals surface area contributed by atoms with Crippen molar-refractivity contribution >= 4 is 27.6 Å². The number of hydrogen-bond donors (Lipinski definition) is 2. The van der Waals surface area contributed by atoms with Crippen LogP contribution in [-0.4, -0.2) is 49.4 Å². The van der Waals surface area contributed by atoms with Gasteiger partial charge in [0.25, 0.3) is 0 Å². The Morgan fingerprint density at radius 2 is 2.23 bits per heavy atom. The molecule has 3 aromatic heterocycles. The number of fused-ring (bicyclic) bond motifs is 1. The van der Waals surface area contributed by atoms with Crippen molar-refractivity contribution in [3.05, 3.63) is 33.1 Å². The van der Waals surface area contributed by atoms with Gasteiger partial charge in [-0.3, -0.25) is 4.90 Å². The van der Waals surface area contributed by atoms with E-state index in [1.165, 1.54) is 32.6 Å². The van der Waals surface area contributed by atoms with Crippen molar-refractivity contribution < 1.29 is 10.2 Å². The van der Waals surface area contributed by atoms with Crippen molar-refractivity contribution in [2.24, 2.45) is 0 Å². The molecule has 0 saturated heterocycles. The summed E-state index contributed by atoms with van der Waals surface area (Å²) < 4.78 is 1.46. The third-order valence-corrected chi connectivity index (χ3v) is 5.85. The first kappa shape index (κ1) is 15.4. The lowest BCUT2D eigenvalue weighted by molar-refractivity contribution is 0.175. The van der Waals surface area contributed by atoms with E-state index in [0.29, 0.717) is 11.5 Å². The molecule has 8 heteroatoms. The van der Waals surface area contributed by atoms with Crippen LogP contribution in [0.25, 0.3) is 4.96 Å². The summed E-state index contributed by atoms with van der Waals surface area (Å²) in [6.45, 7) is 5.52. The van der Waals surface area contributed by atoms with Crippen molar-refractivity contribution in [3.63, 3.8) is 0 Å². The Morgan fingerprint density at radius 1 is 1.41 bits per heavy atom. The van der Waals surface area contributed by atoms with Gasteiger partial charge in [-0.1, -0.05) is 18.3 Å². The first-order valence-corrected chi connectivity index (χ1v) is 8.77. The van der Waals surface area contributed by atoms with E-state index < -0.39 is 0 Å². The highest BCUT2D eigenvalue weighted by molar-refractivity contribution is 7.17. The van der Waals surface area contributed by atoms with E-state index in [4.69, 9.17) is 0 Å². The van der Waals surface area contributed by atoms with Gasteiger partial charge in [-0.25, -0.2) is 4.98 Å². The first-order chi connectivity index (χ1) is 10.7. The zero-order chi connectivity index (χ0) is 15.7. The molecule has 1 unspecified atom stereocenters. The van der Waals surface area contributed by atoms with Crippen LogP contribution in [0.15, 0.2) is 17.8 Å². The number of rotatable bonds is 6. The lowest BCUT2D eigenvalue weighted by Gasteiger charge is -2.29. The van der Waals surface area contributed by atoms with Gasteiger partial charge in [-0.05, 0) is 30.5 Å². The molecule has 0 saturated carbocycles. The van der Waals surface area contributed by atoms with E-state index in [1.54, 1.807) is 11.3 Å². The van der Waals surface area contributed by atoms with Crippen molar-refractivity contribution in [3.8, 4) is 5.88 Å². The Kier molecular flexibility index (Phi) is 4.44. The molecule has 3 heterocycles. The molecule has 22 heavy (non-hydrogen) atoms. The van der Waals surface area contributed by atoms with E-state index in [2.05, 4.69) is 40.3 Å². The lowest BCUT2D eigenvalue weighted by atomic mass is 10.1. The molecule has 6 nitrogen and oxygen atoms in total. The monoisotopic (exact) mass is 338 g/mol. The molecule has 0 aliphatic heterocycles. The van der Waals surface area contributed by atoms with Crippen molar-refractivity contribution in [1.82, 2.24) is 19.5 Å². The van der Waals surface area contributed by atoms with E-state index in [0.717, 1.165) is 11.4 Å². The molecular weight excluding hydrogens is 320 g/mol. The molecule has 1 atom stereocenters.